The quantitative estimate of drug-likeness (QED) is 0.626. The lowest BCUT2D eigenvalue weighted by molar-refractivity contribution is -0.123. The van der Waals surface area contributed by atoms with E-state index in [1.165, 1.54) is 6.20 Å². The van der Waals surface area contributed by atoms with Crippen molar-refractivity contribution >= 4 is 28.8 Å². The molecule has 1 saturated heterocycles. The molecule has 1 N–H and O–H groups in total. The Hall–Kier alpha value is -3.51. The summed E-state index contributed by atoms with van der Waals surface area (Å²) in [4.78, 5) is 32.6. The van der Waals surface area contributed by atoms with Crippen LogP contribution in [0.1, 0.15) is 34.6 Å². The molecule has 2 aliphatic rings. The molecule has 32 heavy (non-hydrogen) atoms. The second kappa shape index (κ2) is 7.88. The molecule has 3 aromatic rings. The van der Waals surface area contributed by atoms with Crippen LogP contribution in [0, 0.1) is 22.7 Å². The summed E-state index contributed by atoms with van der Waals surface area (Å²) in [6, 6.07) is 7.67. The third-order valence-corrected chi connectivity index (χ3v) is 7.17. The molecule has 3 aromatic heterocycles. The Balaban J connectivity index is 1.26. The molecule has 5 rings (SSSR count). The Kier molecular flexibility index (Phi) is 5.02. The fourth-order valence-corrected chi connectivity index (χ4v) is 5.13. The zero-order valence-electron chi connectivity index (χ0n) is 17.6. The van der Waals surface area contributed by atoms with E-state index < -0.39 is 5.41 Å². The van der Waals surface area contributed by atoms with Crippen LogP contribution in [-0.4, -0.2) is 33.1 Å². The van der Waals surface area contributed by atoms with Crippen molar-refractivity contribution in [3.05, 3.63) is 52.7 Å². The molecule has 1 aliphatic carbocycles. The third-order valence-electron chi connectivity index (χ3n) is 6.23. The predicted molar refractivity (Wildman–Crippen MR) is 120 cm³/mol. The van der Waals surface area contributed by atoms with Gasteiger partial charge in [-0.15, -0.1) is 11.3 Å². The first-order valence-electron chi connectivity index (χ1n) is 10.5. The topological polar surface area (TPSA) is 104 Å². The molecule has 2 fully saturated rings. The van der Waals surface area contributed by atoms with Crippen molar-refractivity contribution in [2.75, 3.05) is 11.4 Å². The Morgan fingerprint density at radius 2 is 2.22 bits per heavy atom. The first-order chi connectivity index (χ1) is 15.5. The van der Waals surface area contributed by atoms with Crippen LogP contribution in [0.5, 0.6) is 0 Å². The van der Waals surface area contributed by atoms with Gasteiger partial charge >= 0.3 is 0 Å². The van der Waals surface area contributed by atoms with Crippen LogP contribution < -0.4 is 10.2 Å². The average Bonchev–Trinajstić information content (AvgIpc) is 3.24. The maximum Gasteiger partial charge on any atom is 0.270 e. The Morgan fingerprint density at radius 1 is 1.38 bits per heavy atom. The fourth-order valence-electron chi connectivity index (χ4n) is 4.30. The molecule has 4 heterocycles. The van der Waals surface area contributed by atoms with E-state index in [-0.39, 0.29) is 23.4 Å². The Labute approximate surface area is 189 Å². The molecular formula is C23H22N6O2S. The number of hydrogen-bond donors (Lipinski definition) is 1. The van der Waals surface area contributed by atoms with Crippen LogP contribution >= 0.6 is 11.3 Å². The van der Waals surface area contributed by atoms with Gasteiger partial charge < -0.3 is 10.2 Å². The molecule has 1 aliphatic heterocycles. The van der Waals surface area contributed by atoms with E-state index in [9.17, 15) is 14.9 Å². The van der Waals surface area contributed by atoms with Gasteiger partial charge in [-0.25, -0.2) is 0 Å². The lowest BCUT2D eigenvalue weighted by Gasteiger charge is -2.21. The monoisotopic (exact) mass is 446 g/mol. The van der Waals surface area contributed by atoms with Gasteiger partial charge in [0.2, 0.25) is 5.91 Å². The maximum absolute atomic E-state index is 13.0. The van der Waals surface area contributed by atoms with Crippen molar-refractivity contribution in [3.63, 3.8) is 0 Å². The normalized spacial score (nSPS) is 20.4. The van der Waals surface area contributed by atoms with E-state index in [0.29, 0.717) is 25.2 Å². The van der Waals surface area contributed by atoms with E-state index in [1.54, 1.807) is 33.1 Å². The van der Waals surface area contributed by atoms with E-state index in [2.05, 4.69) is 21.5 Å². The summed E-state index contributed by atoms with van der Waals surface area (Å²) >= 11 is 1.57. The first kappa shape index (κ1) is 20.4. The molecular weight excluding hydrogens is 424 g/mol. The predicted octanol–water partition coefficient (Wildman–Crippen LogP) is 3.13. The highest BCUT2D eigenvalue weighted by atomic mass is 32.1. The number of aromatic nitrogens is 3. The standard InChI is InChI=1S/C23H22N6O2S/c1-28-12-16(10-27-28)15-8-19(32-13-15)11-26-21(30)20-9-18(4-6-25-20)29-7-5-23(14-24,22(29)31)17-2-3-17/h4,6,8-10,12-13,17H,2-3,5,7,11H2,1H3,(H,26,30)/t23-/m1/s1. The third kappa shape index (κ3) is 3.56. The molecule has 0 aromatic carbocycles. The molecule has 1 atom stereocenters. The SMILES string of the molecule is Cn1cc(-c2csc(CNC(=O)c3cc(N4CC[C@@](C#N)(C5CC5)C4=O)ccn3)c2)cn1. The fraction of sp³-hybridized carbons (Fsp3) is 0.348. The minimum atomic E-state index is -0.906. The summed E-state index contributed by atoms with van der Waals surface area (Å²) < 4.78 is 1.75. The van der Waals surface area contributed by atoms with Crippen LogP contribution in [-0.2, 0) is 18.4 Å². The lowest BCUT2D eigenvalue weighted by atomic mass is 9.83. The summed E-state index contributed by atoms with van der Waals surface area (Å²) in [7, 11) is 1.88. The highest BCUT2D eigenvalue weighted by molar-refractivity contribution is 7.10. The Bertz CT molecular complexity index is 1240. The number of carbonyl (C=O) groups is 2. The summed E-state index contributed by atoms with van der Waals surface area (Å²) in [6.07, 6.45) is 7.69. The van der Waals surface area contributed by atoms with E-state index >= 15 is 0 Å². The summed E-state index contributed by atoms with van der Waals surface area (Å²) in [5.74, 6) is -0.290. The second-order valence-electron chi connectivity index (χ2n) is 8.35. The van der Waals surface area contributed by atoms with E-state index in [4.69, 9.17) is 0 Å². The largest absolute Gasteiger partial charge is 0.346 e. The number of nitrogens with zero attached hydrogens (tertiary/aromatic N) is 5. The van der Waals surface area contributed by atoms with Crippen molar-refractivity contribution in [1.29, 1.82) is 5.26 Å². The van der Waals surface area contributed by atoms with E-state index in [1.807, 2.05) is 30.9 Å². The molecule has 0 spiro atoms. The van der Waals surface area contributed by atoms with Gasteiger partial charge in [0.15, 0.2) is 0 Å². The number of carbonyl (C=O) groups excluding carboxylic acids is 2. The first-order valence-corrected chi connectivity index (χ1v) is 11.4. The van der Waals surface area contributed by atoms with Gasteiger partial charge in [0.05, 0.1) is 18.8 Å². The number of pyridine rings is 1. The number of rotatable bonds is 6. The summed E-state index contributed by atoms with van der Waals surface area (Å²) in [6.45, 7) is 0.873. The highest BCUT2D eigenvalue weighted by Gasteiger charge is 2.56. The van der Waals surface area contributed by atoms with Gasteiger partial charge in [-0.05, 0) is 54.3 Å². The second-order valence-corrected chi connectivity index (χ2v) is 9.35. The number of nitriles is 1. The van der Waals surface area contributed by atoms with Crippen LogP contribution in [0.15, 0.2) is 42.2 Å². The van der Waals surface area contributed by atoms with Gasteiger partial charge in [-0.1, -0.05) is 0 Å². The van der Waals surface area contributed by atoms with Gasteiger partial charge in [-0.3, -0.25) is 19.3 Å². The van der Waals surface area contributed by atoms with Gasteiger partial charge in [0.25, 0.3) is 5.91 Å². The number of aryl methyl sites for hydroxylation is 1. The Morgan fingerprint density at radius 3 is 2.94 bits per heavy atom. The molecule has 162 valence electrons. The zero-order valence-corrected chi connectivity index (χ0v) is 18.4. The van der Waals surface area contributed by atoms with Gasteiger partial charge in [0.1, 0.15) is 11.1 Å². The van der Waals surface area contributed by atoms with Crippen LogP contribution in [0.25, 0.3) is 11.1 Å². The van der Waals surface area contributed by atoms with Crippen molar-refractivity contribution in [2.45, 2.75) is 25.8 Å². The van der Waals surface area contributed by atoms with Crippen LogP contribution in [0.4, 0.5) is 5.69 Å². The zero-order chi connectivity index (χ0) is 22.3. The van der Waals surface area contributed by atoms with Crippen LogP contribution in [0.3, 0.4) is 0 Å². The number of amides is 2. The minimum absolute atomic E-state index is 0.151. The smallest absolute Gasteiger partial charge is 0.270 e. The lowest BCUT2D eigenvalue weighted by Crippen LogP contribution is -2.35. The summed E-state index contributed by atoms with van der Waals surface area (Å²) in [5, 5.41) is 18.8. The number of nitrogens with one attached hydrogen (secondary N) is 1. The van der Waals surface area contributed by atoms with Gasteiger partial charge in [-0.2, -0.15) is 10.4 Å². The number of thiophene rings is 1. The molecule has 0 bridgehead atoms. The van der Waals surface area contributed by atoms with E-state index in [0.717, 1.165) is 28.8 Å². The number of anilines is 1. The molecule has 2 amide bonds. The van der Waals surface area contributed by atoms with Crippen molar-refractivity contribution in [2.24, 2.45) is 18.4 Å². The van der Waals surface area contributed by atoms with Crippen molar-refractivity contribution in [3.8, 4) is 17.2 Å². The van der Waals surface area contributed by atoms with Crippen molar-refractivity contribution in [1.82, 2.24) is 20.1 Å². The molecule has 0 radical (unpaired) electrons. The van der Waals surface area contributed by atoms with Crippen molar-refractivity contribution < 1.29 is 9.59 Å². The highest BCUT2D eigenvalue weighted by Crippen LogP contribution is 2.51. The molecule has 8 nitrogen and oxygen atoms in total. The molecule has 9 heteroatoms. The number of hydrogen-bond acceptors (Lipinski definition) is 6. The summed E-state index contributed by atoms with van der Waals surface area (Å²) in [5.41, 5.74) is 2.06. The maximum atomic E-state index is 13.0. The molecule has 1 saturated carbocycles. The van der Waals surface area contributed by atoms with Crippen LogP contribution in [0.2, 0.25) is 0 Å². The average molecular weight is 447 g/mol. The minimum Gasteiger partial charge on any atom is -0.346 e. The van der Waals surface area contributed by atoms with Gasteiger partial charge in [0, 0.05) is 42.1 Å². The molecule has 0 unspecified atom stereocenters.